The average Bonchev–Trinajstić information content (AvgIpc) is 3.50. The number of nitrogens with one attached hydrogen (secondary N) is 1. The van der Waals surface area contributed by atoms with E-state index in [1.54, 1.807) is 30.2 Å². The first-order chi connectivity index (χ1) is 14.6. The largest absolute Gasteiger partial charge is 0.493 e. The fourth-order valence-electron chi connectivity index (χ4n) is 3.45. The van der Waals surface area contributed by atoms with Crippen LogP contribution in [0.2, 0.25) is 0 Å². The smallest absolute Gasteiger partial charge is 0.289 e. The molecular formula is C21H17N3O4S2. The summed E-state index contributed by atoms with van der Waals surface area (Å²) in [6.45, 7) is 0.983. The predicted molar refractivity (Wildman–Crippen MR) is 116 cm³/mol. The number of para-hydroxylation sites is 1. The maximum Gasteiger partial charge on any atom is 0.289 e. The molecule has 7 nitrogen and oxygen atoms in total. The molecule has 30 heavy (non-hydrogen) atoms. The Balaban J connectivity index is 1.33. The van der Waals surface area contributed by atoms with E-state index in [0.29, 0.717) is 40.9 Å². The van der Waals surface area contributed by atoms with Gasteiger partial charge in [0.05, 0.1) is 24.2 Å². The van der Waals surface area contributed by atoms with Crippen LogP contribution in [0.5, 0.6) is 5.75 Å². The van der Waals surface area contributed by atoms with Gasteiger partial charge in [-0.05, 0) is 23.6 Å². The Hall–Kier alpha value is -3.17. The maximum atomic E-state index is 13.0. The summed E-state index contributed by atoms with van der Waals surface area (Å²) >= 11 is 2.79. The number of fused-ring (bicyclic) bond motifs is 2. The van der Waals surface area contributed by atoms with Crippen molar-refractivity contribution in [2.24, 2.45) is 0 Å². The first kappa shape index (κ1) is 18.8. The third kappa shape index (κ3) is 3.35. The standard InChI is InChI=1S/C21H17N3O4S2/c1-27-14-5-2-4-12-10-15(28-18(12)14)20(26)24-8-7-13-17(11-24)30-21(22-13)23-19(25)16-6-3-9-29-16/h2-6,9-10H,7-8,11H2,1H3,(H,22,23,25). The van der Waals surface area contributed by atoms with Crippen LogP contribution in [0.15, 0.2) is 46.2 Å². The maximum absolute atomic E-state index is 13.0. The van der Waals surface area contributed by atoms with Crippen molar-refractivity contribution in [2.45, 2.75) is 13.0 Å². The van der Waals surface area contributed by atoms with Gasteiger partial charge in [-0.2, -0.15) is 0 Å². The Morgan fingerprint density at radius 3 is 2.97 bits per heavy atom. The monoisotopic (exact) mass is 439 g/mol. The minimum absolute atomic E-state index is 0.166. The Bertz CT molecular complexity index is 1240. The van der Waals surface area contributed by atoms with Crippen LogP contribution in [0, 0.1) is 0 Å². The minimum atomic E-state index is -0.170. The van der Waals surface area contributed by atoms with Gasteiger partial charge in [-0.25, -0.2) is 4.98 Å². The fourth-order valence-corrected chi connectivity index (χ4v) is 5.08. The molecule has 1 aliphatic rings. The Kier molecular flexibility index (Phi) is 4.76. The molecule has 0 radical (unpaired) electrons. The van der Waals surface area contributed by atoms with Gasteiger partial charge >= 0.3 is 0 Å². The molecule has 9 heteroatoms. The van der Waals surface area contributed by atoms with Gasteiger partial charge in [0.15, 0.2) is 22.2 Å². The first-order valence-corrected chi connectivity index (χ1v) is 11.0. The molecule has 0 saturated carbocycles. The predicted octanol–water partition coefficient (Wildman–Crippen LogP) is 4.41. The number of carbonyl (C=O) groups is 2. The SMILES string of the molecule is COc1cccc2cc(C(=O)N3CCc4nc(NC(=O)c5cccs5)sc4C3)oc12. The van der Waals surface area contributed by atoms with Crippen LogP contribution >= 0.6 is 22.7 Å². The zero-order chi connectivity index (χ0) is 20.7. The van der Waals surface area contributed by atoms with Gasteiger partial charge in [0.2, 0.25) is 0 Å². The molecule has 0 fully saturated rings. The molecule has 0 unspecified atom stereocenters. The summed E-state index contributed by atoms with van der Waals surface area (Å²) in [6, 6.07) is 10.9. The van der Waals surface area contributed by atoms with Gasteiger partial charge in [0, 0.05) is 23.2 Å². The summed E-state index contributed by atoms with van der Waals surface area (Å²) in [7, 11) is 1.57. The quantitative estimate of drug-likeness (QED) is 0.509. The molecule has 5 rings (SSSR count). The molecule has 1 aromatic carbocycles. The number of carbonyl (C=O) groups excluding carboxylic acids is 2. The molecule has 1 aliphatic heterocycles. The van der Waals surface area contributed by atoms with Crippen LogP contribution < -0.4 is 10.1 Å². The summed E-state index contributed by atoms with van der Waals surface area (Å²) < 4.78 is 11.1. The van der Waals surface area contributed by atoms with E-state index in [0.717, 1.165) is 16.0 Å². The highest BCUT2D eigenvalue weighted by Crippen LogP contribution is 2.32. The number of ether oxygens (including phenoxy) is 1. The van der Waals surface area contributed by atoms with Crippen molar-refractivity contribution in [3.8, 4) is 5.75 Å². The van der Waals surface area contributed by atoms with Crippen LogP contribution in [0.3, 0.4) is 0 Å². The lowest BCUT2D eigenvalue weighted by molar-refractivity contribution is 0.0706. The number of nitrogens with zero attached hydrogens (tertiary/aromatic N) is 2. The molecule has 0 atom stereocenters. The summed E-state index contributed by atoms with van der Waals surface area (Å²) in [4.78, 5) is 33.2. The highest BCUT2D eigenvalue weighted by molar-refractivity contribution is 7.16. The van der Waals surface area contributed by atoms with E-state index in [1.807, 2.05) is 23.6 Å². The van der Waals surface area contributed by atoms with Gasteiger partial charge in [0.25, 0.3) is 11.8 Å². The number of thiophene rings is 1. The molecule has 0 spiro atoms. The number of amides is 2. The third-order valence-electron chi connectivity index (χ3n) is 4.92. The molecule has 152 valence electrons. The number of thiazole rings is 1. The van der Waals surface area contributed by atoms with Crippen molar-refractivity contribution in [3.05, 3.63) is 63.0 Å². The summed E-state index contributed by atoms with van der Waals surface area (Å²) in [6.07, 6.45) is 0.635. The van der Waals surface area contributed by atoms with Crippen molar-refractivity contribution in [1.82, 2.24) is 9.88 Å². The lowest BCUT2D eigenvalue weighted by Gasteiger charge is -2.25. The average molecular weight is 440 g/mol. The minimum Gasteiger partial charge on any atom is -0.493 e. The molecule has 0 aliphatic carbocycles. The number of rotatable bonds is 4. The van der Waals surface area contributed by atoms with E-state index in [2.05, 4.69) is 10.3 Å². The van der Waals surface area contributed by atoms with Crippen molar-refractivity contribution in [3.63, 3.8) is 0 Å². The second-order valence-corrected chi connectivity index (χ2v) is 8.82. The molecule has 0 bridgehead atoms. The highest BCUT2D eigenvalue weighted by Gasteiger charge is 2.27. The van der Waals surface area contributed by atoms with Gasteiger partial charge < -0.3 is 14.1 Å². The molecular weight excluding hydrogens is 422 g/mol. The van der Waals surface area contributed by atoms with Crippen LogP contribution in [-0.2, 0) is 13.0 Å². The Morgan fingerprint density at radius 1 is 1.27 bits per heavy atom. The lowest BCUT2D eigenvalue weighted by atomic mass is 10.1. The molecule has 3 aromatic heterocycles. The van der Waals surface area contributed by atoms with E-state index < -0.39 is 0 Å². The second kappa shape index (κ2) is 7.58. The normalized spacial score (nSPS) is 13.3. The molecule has 4 aromatic rings. The molecule has 1 N–H and O–H groups in total. The number of aromatic nitrogens is 1. The van der Waals surface area contributed by atoms with Gasteiger partial charge in [0.1, 0.15) is 0 Å². The molecule has 2 amide bonds. The lowest BCUT2D eigenvalue weighted by Crippen LogP contribution is -2.35. The van der Waals surface area contributed by atoms with Crippen molar-refractivity contribution in [2.75, 3.05) is 19.0 Å². The van der Waals surface area contributed by atoms with Crippen molar-refractivity contribution >= 4 is 50.6 Å². The number of hydrogen-bond acceptors (Lipinski definition) is 7. The Morgan fingerprint density at radius 2 is 2.17 bits per heavy atom. The summed E-state index contributed by atoms with van der Waals surface area (Å²) in [5.41, 5.74) is 1.49. The fraction of sp³-hybridized carbons (Fsp3) is 0.190. The van der Waals surface area contributed by atoms with Crippen LogP contribution in [0.25, 0.3) is 11.0 Å². The van der Waals surface area contributed by atoms with Crippen LogP contribution in [0.4, 0.5) is 5.13 Å². The Labute approximate surface area is 179 Å². The van der Waals surface area contributed by atoms with Crippen LogP contribution in [0.1, 0.15) is 30.8 Å². The van der Waals surface area contributed by atoms with E-state index >= 15 is 0 Å². The number of methoxy groups -OCH3 is 1. The summed E-state index contributed by atoms with van der Waals surface area (Å²) in [5, 5.41) is 6.09. The zero-order valence-corrected chi connectivity index (χ0v) is 17.6. The zero-order valence-electron chi connectivity index (χ0n) is 16.0. The number of benzene rings is 1. The highest BCUT2D eigenvalue weighted by atomic mass is 32.1. The topological polar surface area (TPSA) is 84.7 Å². The van der Waals surface area contributed by atoms with Crippen molar-refractivity contribution < 1.29 is 18.7 Å². The van der Waals surface area contributed by atoms with Crippen LogP contribution in [-0.4, -0.2) is 35.4 Å². The molecule has 4 heterocycles. The number of furan rings is 1. The molecule has 0 saturated heterocycles. The first-order valence-electron chi connectivity index (χ1n) is 9.31. The van der Waals surface area contributed by atoms with Gasteiger partial charge in [-0.1, -0.05) is 29.5 Å². The summed E-state index contributed by atoms with van der Waals surface area (Å²) in [5.74, 6) is 0.548. The number of anilines is 1. The van der Waals surface area contributed by atoms with E-state index in [-0.39, 0.29) is 17.6 Å². The van der Waals surface area contributed by atoms with E-state index in [4.69, 9.17) is 9.15 Å². The van der Waals surface area contributed by atoms with Gasteiger partial charge in [-0.3, -0.25) is 14.9 Å². The third-order valence-corrected chi connectivity index (χ3v) is 6.79. The van der Waals surface area contributed by atoms with E-state index in [1.165, 1.54) is 22.7 Å². The van der Waals surface area contributed by atoms with E-state index in [9.17, 15) is 9.59 Å². The number of hydrogen-bond donors (Lipinski definition) is 1. The second-order valence-electron chi connectivity index (χ2n) is 6.79. The van der Waals surface area contributed by atoms with Crippen molar-refractivity contribution in [1.29, 1.82) is 0 Å². The van der Waals surface area contributed by atoms with Gasteiger partial charge in [-0.15, -0.1) is 11.3 Å².